The lowest BCUT2D eigenvalue weighted by Gasteiger charge is -2.15. The molecule has 25 heavy (non-hydrogen) atoms. The van der Waals surface area contributed by atoms with E-state index in [9.17, 15) is 4.79 Å². The summed E-state index contributed by atoms with van der Waals surface area (Å²) in [7, 11) is 1.63. The predicted molar refractivity (Wildman–Crippen MR) is 93.6 cm³/mol. The molecule has 3 aromatic rings. The Kier molecular flexibility index (Phi) is 3.60. The highest BCUT2D eigenvalue weighted by Crippen LogP contribution is 2.49. The van der Waals surface area contributed by atoms with Gasteiger partial charge in [-0.15, -0.1) is 0 Å². The Balaban J connectivity index is 1.53. The van der Waals surface area contributed by atoms with Crippen LogP contribution >= 0.6 is 0 Å². The number of nitrogens with zero attached hydrogens (tertiary/aromatic N) is 1. The van der Waals surface area contributed by atoms with Crippen LogP contribution in [-0.4, -0.2) is 23.2 Å². The number of carbonyl (C=O) groups is 1. The third-order valence-electron chi connectivity index (χ3n) is 4.63. The second-order valence-electron chi connectivity index (χ2n) is 6.35. The van der Waals surface area contributed by atoms with E-state index in [0.717, 1.165) is 35.6 Å². The average Bonchev–Trinajstić information content (AvgIpc) is 3.13. The Morgan fingerprint density at radius 3 is 2.80 bits per heavy atom. The first-order valence-electron chi connectivity index (χ1n) is 8.19. The number of benzene rings is 1. The van der Waals surface area contributed by atoms with Gasteiger partial charge in [0.1, 0.15) is 17.2 Å². The fraction of sp³-hybridized carbons (Fsp3) is 0.263. The lowest BCUT2D eigenvalue weighted by atomic mass is 9.95. The van der Waals surface area contributed by atoms with Crippen LogP contribution < -0.4 is 10.1 Å². The van der Waals surface area contributed by atoms with Gasteiger partial charge in [0.25, 0.3) is 0 Å². The summed E-state index contributed by atoms with van der Waals surface area (Å²) in [5.74, 6) is 2.72. The van der Waals surface area contributed by atoms with Gasteiger partial charge in [0.05, 0.1) is 12.5 Å². The van der Waals surface area contributed by atoms with Crippen LogP contribution in [0.15, 0.2) is 46.9 Å². The maximum absolute atomic E-state index is 12.8. The van der Waals surface area contributed by atoms with Crippen LogP contribution in [0.2, 0.25) is 0 Å². The number of hydrogen-bond acceptors (Lipinski definition) is 4. The van der Waals surface area contributed by atoms with E-state index in [0.29, 0.717) is 11.6 Å². The number of ether oxygens (including phenoxy) is 1. The van der Waals surface area contributed by atoms with Crippen molar-refractivity contribution in [2.24, 2.45) is 0 Å². The van der Waals surface area contributed by atoms with E-state index in [2.05, 4.69) is 15.5 Å². The summed E-state index contributed by atoms with van der Waals surface area (Å²) in [5.41, 5.74) is 1.21. The van der Waals surface area contributed by atoms with E-state index in [1.165, 1.54) is 0 Å². The lowest BCUT2D eigenvalue weighted by Crippen LogP contribution is -2.28. The Bertz CT molecular complexity index is 921. The molecule has 128 valence electrons. The van der Waals surface area contributed by atoms with E-state index < -0.39 is 5.41 Å². The number of aromatic nitrogens is 2. The molecule has 0 saturated heterocycles. The number of aromatic amines is 1. The smallest absolute Gasteiger partial charge is 0.236 e. The van der Waals surface area contributed by atoms with Gasteiger partial charge in [-0.05, 0) is 49.6 Å². The van der Waals surface area contributed by atoms with Crippen molar-refractivity contribution < 1.29 is 13.9 Å². The van der Waals surface area contributed by atoms with Crippen molar-refractivity contribution in [3.63, 3.8) is 0 Å². The Labute approximate surface area is 145 Å². The summed E-state index contributed by atoms with van der Waals surface area (Å²) < 4.78 is 10.8. The van der Waals surface area contributed by atoms with Crippen LogP contribution in [0.1, 0.15) is 24.2 Å². The van der Waals surface area contributed by atoms with Gasteiger partial charge >= 0.3 is 0 Å². The molecule has 0 atom stereocenters. The number of amides is 1. The molecule has 1 saturated carbocycles. The highest BCUT2D eigenvalue weighted by Gasteiger charge is 2.51. The van der Waals surface area contributed by atoms with Crippen molar-refractivity contribution in [2.45, 2.75) is 25.2 Å². The molecule has 2 heterocycles. The largest absolute Gasteiger partial charge is 0.497 e. The molecule has 6 nitrogen and oxygen atoms in total. The van der Waals surface area contributed by atoms with Gasteiger partial charge in [-0.25, -0.2) is 0 Å². The standard InChI is InChI=1S/C19H19N3O3/c1-12-6-7-16(25-12)15-11-17(22-21-15)20-18(23)19(8-9-19)13-4-3-5-14(10-13)24-2/h3-7,10-11H,8-9H2,1-2H3,(H2,20,21,22,23). The molecule has 1 fully saturated rings. The number of nitrogens with one attached hydrogen (secondary N) is 2. The molecular weight excluding hydrogens is 318 g/mol. The first-order chi connectivity index (χ1) is 12.1. The summed E-state index contributed by atoms with van der Waals surface area (Å²) in [6, 6.07) is 13.2. The number of furan rings is 1. The maximum Gasteiger partial charge on any atom is 0.236 e. The van der Waals surface area contributed by atoms with Crippen LogP contribution in [0.5, 0.6) is 5.75 Å². The minimum Gasteiger partial charge on any atom is -0.497 e. The fourth-order valence-electron chi connectivity index (χ4n) is 3.02. The van der Waals surface area contributed by atoms with Gasteiger partial charge in [0.15, 0.2) is 11.6 Å². The van der Waals surface area contributed by atoms with Crippen LogP contribution in [0.25, 0.3) is 11.5 Å². The van der Waals surface area contributed by atoms with Gasteiger partial charge in [-0.1, -0.05) is 12.1 Å². The fourth-order valence-corrected chi connectivity index (χ4v) is 3.02. The summed E-state index contributed by atoms with van der Waals surface area (Å²) in [6.07, 6.45) is 1.64. The predicted octanol–water partition coefficient (Wildman–Crippen LogP) is 3.66. The molecule has 1 amide bonds. The molecule has 0 spiro atoms. The van der Waals surface area contributed by atoms with E-state index in [4.69, 9.17) is 9.15 Å². The van der Waals surface area contributed by atoms with Gasteiger partial charge in [-0.3, -0.25) is 9.89 Å². The minimum absolute atomic E-state index is 0.0468. The van der Waals surface area contributed by atoms with E-state index in [1.54, 1.807) is 13.2 Å². The van der Waals surface area contributed by atoms with Crippen LogP contribution in [0.4, 0.5) is 5.82 Å². The number of aryl methyl sites for hydroxylation is 1. The monoisotopic (exact) mass is 337 g/mol. The Morgan fingerprint density at radius 1 is 1.28 bits per heavy atom. The van der Waals surface area contributed by atoms with Crippen molar-refractivity contribution >= 4 is 11.7 Å². The van der Waals surface area contributed by atoms with Crippen molar-refractivity contribution in [3.8, 4) is 17.2 Å². The molecule has 2 aromatic heterocycles. The van der Waals surface area contributed by atoms with Gasteiger partial charge in [0, 0.05) is 6.07 Å². The zero-order chi connectivity index (χ0) is 17.4. The molecule has 6 heteroatoms. The van der Waals surface area contributed by atoms with E-state index in [1.807, 2.05) is 43.3 Å². The Hall–Kier alpha value is -3.02. The lowest BCUT2D eigenvalue weighted by molar-refractivity contribution is -0.118. The normalized spacial score (nSPS) is 15.0. The summed E-state index contributed by atoms with van der Waals surface area (Å²) in [6.45, 7) is 1.88. The van der Waals surface area contributed by atoms with Crippen LogP contribution in [0, 0.1) is 6.92 Å². The zero-order valence-electron chi connectivity index (χ0n) is 14.1. The molecule has 1 aliphatic rings. The molecular formula is C19H19N3O3. The van der Waals surface area contributed by atoms with E-state index in [-0.39, 0.29) is 5.91 Å². The zero-order valence-corrected chi connectivity index (χ0v) is 14.1. The Morgan fingerprint density at radius 2 is 2.12 bits per heavy atom. The quantitative estimate of drug-likeness (QED) is 0.744. The first kappa shape index (κ1) is 15.5. The highest BCUT2D eigenvalue weighted by atomic mass is 16.5. The number of hydrogen-bond donors (Lipinski definition) is 2. The second kappa shape index (κ2) is 5.81. The summed E-state index contributed by atoms with van der Waals surface area (Å²) in [4.78, 5) is 12.8. The molecule has 1 aliphatic carbocycles. The third kappa shape index (κ3) is 2.80. The summed E-state index contributed by atoms with van der Waals surface area (Å²) in [5, 5.41) is 9.97. The molecule has 4 rings (SSSR count). The number of H-pyrrole nitrogens is 1. The van der Waals surface area contributed by atoms with Crippen molar-refractivity contribution in [2.75, 3.05) is 12.4 Å². The number of anilines is 1. The van der Waals surface area contributed by atoms with Gasteiger partial charge in [-0.2, -0.15) is 5.10 Å². The SMILES string of the molecule is COc1cccc(C2(C(=O)Nc3cc(-c4ccc(C)o4)[nH]n3)CC2)c1. The number of carbonyl (C=O) groups excluding carboxylic acids is 1. The van der Waals surface area contributed by atoms with Crippen molar-refractivity contribution in [1.29, 1.82) is 0 Å². The maximum atomic E-state index is 12.8. The van der Waals surface area contributed by atoms with Crippen LogP contribution in [0.3, 0.4) is 0 Å². The molecule has 1 aromatic carbocycles. The highest BCUT2D eigenvalue weighted by molar-refractivity contribution is 6.01. The third-order valence-corrected chi connectivity index (χ3v) is 4.63. The molecule has 0 aliphatic heterocycles. The molecule has 0 radical (unpaired) electrons. The molecule has 2 N–H and O–H groups in total. The summed E-state index contributed by atoms with van der Waals surface area (Å²) >= 11 is 0. The van der Waals surface area contributed by atoms with E-state index >= 15 is 0 Å². The molecule has 0 unspecified atom stereocenters. The first-order valence-corrected chi connectivity index (χ1v) is 8.19. The van der Waals surface area contributed by atoms with Crippen LogP contribution in [-0.2, 0) is 10.2 Å². The number of methoxy groups -OCH3 is 1. The van der Waals surface area contributed by atoms with Gasteiger partial charge in [0.2, 0.25) is 5.91 Å². The second-order valence-corrected chi connectivity index (χ2v) is 6.35. The molecule has 0 bridgehead atoms. The van der Waals surface area contributed by atoms with Gasteiger partial charge < -0.3 is 14.5 Å². The average molecular weight is 337 g/mol. The topological polar surface area (TPSA) is 80.1 Å². The number of rotatable bonds is 5. The minimum atomic E-state index is -0.491. The van der Waals surface area contributed by atoms with Crippen molar-refractivity contribution in [3.05, 3.63) is 53.8 Å². The van der Waals surface area contributed by atoms with Crippen molar-refractivity contribution in [1.82, 2.24) is 10.2 Å².